The van der Waals surface area contributed by atoms with E-state index in [4.69, 9.17) is 27.9 Å². The van der Waals surface area contributed by atoms with Crippen LogP contribution >= 0.6 is 23.2 Å². The van der Waals surface area contributed by atoms with Crippen LogP contribution in [0.1, 0.15) is 22.7 Å². The molecule has 0 spiro atoms. The molecule has 0 bridgehead atoms. The maximum Gasteiger partial charge on any atom is 0.138 e. The lowest BCUT2D eigenvalue weighted by Gasteiger charge is -2.19. The quantitative estimate of drug-likeness (QED) is 0.852. The molecule has 0 radical (unpaired) electrons. The van der Waals surface area contributed by atoms with E-state index in [-0.39, 0.29) is 6.04 Å². The van der Waals surface area contributed by atoms with Gasteiger partial charge in [-0.25, -0.2) is 0 Å². The molecule has 1 atom stereocenters. The number of likely N-dealkylation sites (N-methyl/N-ethyl adjacent to an activating group) is 1. The van der Waals surface area contributed by atoms with Crippen LogP contribution in [0.4, 0.5) is 0 Å². The highest BCUT2D eigenvalue weighted by molar-refractivity contribution is 6.34. The van der Waals surface area contributed by atoms with Gasteiger partial charge in [-0.3, -0.25) is 0 Å². The highest BCUT2D eigenvalue weighted by atomic mass is 35.5. The second-order valence-corrected chi connectivity index (χ2v) is 5.85. The van der Waals surface area contributed by atoms with E-state index in [0.29, 0.717) is 15.8 Å². The summed E-state index contributed by atoms with van der Waals surface area (Å²) < 4.78 is 5.19. The van der Waals surface area contributed by atoms with Gasteiger partial charge >= 0.3 is 0 Å². The number of benzene rings is 2. The van der Waals surface area contributed by atoms with Crippen LogP contribution in [-0.4, -0.2) is 14.2 Å². The summed E-state index contributed by atoms with van der Waals surface area (Å²) in [7, 11) is 3.51. The Morgan fingerprint density at radius 1 is 1.10 bits per heavy atom. The predicted octanol–water partition coefficient (Wildman–Crippen LogP) is 4.81. The highest BCUT2D eigenvalue weighted by Crippen LogP contribution is 2.34. The lowest BCUT2D eigenvalue weighted by molar-refractivity contribution is 0.414. The van der Waals surface area contributed by atoms with Gasteiger partial charge in [-0.1, -0.05) is 53.0 Å². The van der Waals surface area contributed by atoms with Gasteiger partial charge in [-0.2, -0.15) is 0 Å². The van der Waals surface area contributed by atoms with Gasteiger partial charge in [0.25, 0.3) is 0 Å². The number of ether oxygens (including phenoxy) is 1. The molecular formula is C17H19Cl2NO. The van der Waals surface area contributed by atoms with Gasteiger partial charge in [0.15, 0.2) is 0 Å². The zero-order valence-corrected chi connectivity index (χ0v) is 13.9. The summed E-state index contributed by atoms with van der Waals surface area (Å²) in [4.78, 5) is 0. The van der Waals surface area contributed by atoms with Gasteiger partial charge in [0.2, 0.25) is 0 Å². The summed E-state index contributed by atoms with van der Waals surface area (Å²) in [5.74, 6) is 0.593. The average molecular weight is 324 g/mol. The van der Waals surface area contributed by atoms with E-state index in [0.717, 1.165) is 12.0 Å². The Morgan fingerprint density at radius 3 is 2.33 bits per heavy atom. The minimum Gasteiger partial charge on any atom is -0.495 e. The first-order chi connectivity index (χ1) is 10.0. The third kappa shape index (κ3) is 3.91. The lowest BCUT2D eigenvalue weighted by atomic mass is 9.98. The topological polar surface area (TPSA) is 21.3 Å². The van der Waals surface area contributed by atoms with E-state index < -0.39 is 0 Å². The Morgan fingerprint density at radius 2 is 1.76 bits per heavy atom. The van der Waals surface area contributed by atoms with Crippen molar-refractivity contribution >= 4 is 23.2 Å². The predicted molar refractivity (Wildman–Crippen MR) is 89.7 cm³/mol. The molecule has 0 aromatic heterocycles. The molecule has 0 saturated carbocycles. The summed E-state index contributed by atoms with van der Waals surface area (Å²) in [6.45, 7) is 2.08. The van der Waals surface area contributed by atoms with Gasteiger partial charge in [-0.15, -0.1) is 0 Å². The largest absolute Gasteiger partial charge is 0.495 e. The number of halogens is 2. The third-order valence-electron chi connectivity index (χ3n) is 3.56. The Labute approximate surface area is 136 Å². The molecule has 0 heterocycles. The summed E-state index contributed by atoms with van der Waals surface area (Å²) >= 11 is 12.6. The van der Waals surface area contributed by atoms with Gasteiger partial charge in [-0.05, 0) is 37.6 Å². The van der Waals surface area contributed by atoms with E-state index in [9.17, 15) is 0 Å². The van der Waals surface area contributed by atoms with Gasteiger partial charge in [0.05, 0.1) is 12.1 Å². The van der Waals surface area contributed by atoms with E-state index in [1.807, 2.05) is 13.1 Å². The van der Waals surface area contributed by atoms with Crippen LogP contribution < -0.4 is 10.1 Å². The summed E-state index contributed by atoms with van der Waals surface area (Å²) in [5.41, 5.74) is 3.48. The van der Waals surface area contributed by atoms with Gasteiger partial charge < -0.3 is 10.1 Å². The molecule has 2 aromatic rings. The zero-order chi connectivity index (χ0) is 15.4. The van der Waals surface area contributed by atoms with Crippen molar-refractivity contribution in [2.45, 2.75) is 19.4 Å². The molecule has 0 aliphatic heterocycles. The van der Waals surface area contributed by atoms with Crippen molar-refractivity contribution in [3.8, 4) is 5.75 Å². The third-order valence-corrected chi connectivity index (χ3v) is 4.18. The van der Waals surface area contributed by atoms with E-state index in [1.165, 1.54) is 11.1 Å². The van der Waals surface area contributed by atoms with Crippen molar-refractivity contribution in [2.75, 3.05) is 14.2 Å². The number of hydrogen-bond acceptors (Lipinski definition) is 2. The summed E-state index contributed by atoms with van der Waals surface area (Å²) in [5, 5.41) is 4.53. The standard InChI is InChI=1S/C17H19Cl2NO/c1-11-4-6-12(7-5-11)8-16(20-2)13-9-15(19)17(21-3)10-14(13)18/h4-7,9-10,16,20H,8H2,1-3H3. The molecule has 112 valence electrons. The normalized spacial score (nSPS) is 12.2. The monoisotopic (exact) mass is 323 g/mol. The minimum absolute atomic E-state index is 0.101. The van der Waals surface area contributed by atoms with Crippen molar-refractivity contribution in [3.63, 3.8) is 0 Å². The minimum atomic E-state index is 0.101. The second-order valence-electron chi connectivity index (χ2n) is 5.04. The van der Waals surface area contributed by atoms with Gasteiger partial charge in [0, 0.05) is 17.1 Å². The maximum absolute atomic E-state index is 6.37. The van der Waals surface area contributed by atoms with Crippen LogP contribution in [0.2, 0.25) is 10.0 Å². The lowest BCUT2D eigenvalue weighted by Crippen LogP contribution is -2.19. The molecule has 0 amide bonds. The SMILES string of the molecule is CNC(Cc1ccc(C)cc1)c1cc(Cl)c(OC)cc1Cl. The second kappa shape index (κ2) is 7.17. The van der Waals surface area contributed by atoms with Crippen molar-refractivity contribution in [2.24, 2.45) is 0 Å². The van der Waals surface area contributed by atoms with E-state index in [1.54, 1.807) is 13.2 Å². The van der Waals surface area contributed by atoms with Crippen LogP contribution in [0.25, 0.3) is 0 Å². The summed E-state index contributed by atoms with van der Waals surface area (Å²) in [6, 6.07) is 12.2. The van der Waals surface area contributed by atoms with Crippen molar-refractivity contribution in [1.82, 2.24) is 5.32 Å². The molecule has 4 heteroatoms. The molecule has 21 heavy (non-hydrogen) atoms. The van der Waals surface area contributed by atoms with Crippen LogP contribution in [-0.2, 0) is 6.42 Å². The molecule has 1 N–H and O–H groups in total. The molecule has 1 unspecified atom stereocenters. The number of methoxy groups -OCH3 is 1. The first-order valence-corrected chi connectivity index (χ1v) is 7.56. The van der Waals surface area contributed by atoms with Gasteiger partial charge in [0.1, 0.15) is 5.75 Å². The van der Waals surface area contributed by atoms with Crippen LogP contribution in [0.3, 0.4) is 0 Å². The van der Waals surface area contributed by atoms with E-state index >= 15 is 0 Å². The number of aryl methyl sites for hydroxylation is 1. The van der Waals surface area contributed by atoms with Crippen molar-refractivity contribution < 1.29 is 4.74 Å². The Bertz CT molecular complexity index is 611. The number of hydrogen-bond donors (Lipinski definition) is 1. The van der Waals surface area contributed by atoms with Crippen molar-refractivity contribution in [3.05, 3.63) is 63.1 Å². The van der Waals surface area contributed by atoms with Crippen LogP contribution in [0, 0.1) is 6.92 Å². The first-order valence-electron chi connectivity index (χ1n) is 6.81. The fourth-order valence-electron chi connectivity index (χ4n) is 2.29. The molecule has 0 aliphatic rings. The zero-order valence-electron chi connectivity index (χ0n) is 12.4. The van der Waals surface area contributed by atoms with Crippen LogP contribution in [0.15, 0.2) is 36.4 Å². The smallest absolute Gasteiger partial charge is 0.138 e. The van der Waals surface area contributed by atoms with E-state index in [2.05, 4.69) is 36.5 Å². The molecular weight excluding hydrogens is 305 g/mol. The van der Waals surface area contributed by atoms with Crippen LogP contribution in [0.5, 0.6) is 5.75 Å². The molecule has 2 nitrogen and oxygen atoms in total. The molecule has 2 rings (SSSR count). The maximum atomic E-state index is 6.37. The highest BCUT2D eigenvalue weighted by Gasteiger charge is 2.16. The fraction of sp³-hybridized carbons (Fsp3) is 0.294. The number of rotatable bonds is 5. The number of nitrogens with one attached hydrogen (secondary N) is 1. The first kappa shape index (κ1) is 16.2. The Hall–Kier alpha value is -1.22. The Kier molecular flexibility index (Phi) is 5.51. The molecule has 0 fully saturated rings. The molecule has 0 aliphatic carbocycles. The fourth-order valence-corrected chi connectivity index (χ4v) is 2.83. The Balaban J connectivity index is 2.29. The molecule has 0 saturated heterocycles. The molecule has 2 aromatic carbocycles. The summed E-state index contributed by atoms with van der Waals surface area (Å²) in [6.07, 6.45) is 0.846. The van der Waals surface area contributed by atoms with Crippen molar-refractivity contribution in [1.29, 1.82) is 0 Å². The average Bonchev–Trinajstić information content (AvgIpc) is 2.49.